The number of benzene rings is 2. The molecular formula is C23H24N8O4. The van der Waals surface area contributed by atoms with E-state index in [1.807, 2.05) is 44.2 Å². The van der Waals surface area contributed by atoms with Gasteiger partial charge in [0.15, 0.2) is 17.2 Å². The van der Waals surface area contributed by atoms with Gasteiger partial charge in [0, 0.05) is 0 Å². The molecule has 4 aromatic rings. The number of carbonyl (C=O) groups excluding carboxylic acids is 1. The molecule has 0 aliphatic carbocycles. The Bertz CT molecular complexity index is 1340. The number of aromatic nitrogens is 5. The van der Waals surface area contributed by atoms with Crippen LogP contribution in [0.2, 0.25) is 0 Å². The molecule has 0 radical (unpaired) electrons. The van der Waals surface area contributed by atoms with Crippen molar-refractivity contribution in [1.29, 1.82) is 0 Å². The van der Waals surface area contributed by atoms with Gasteiger partial charge in [-0.2, -0.15) is 9.78 Å². The molecule has 1 amide bonds. The van der Waals surface area contributed by atoms with Gasteiger partial charge in [0.25, 0.3) is 5.91 Å². The van der Waals surface area contributed by atoms with Crippen molar-refractivity contribution in [3.63, 3.8) is 0 Å². The molecule has 0 atom stereocenters. The topological polar surface area (TPSA) is 156 Å². The van der Waals surface area contributed by atoms with E-state index in [0.29, 0.717) is 36.0 Å². The van der Waals surface area contributed by atoms with Gasteiger partial charge in [0.1, 0.15) is 6.61 Å². The molecule has 180 valence electrons. The van der Waals surface area contributed by atoms with Crippen LogP contribution in [0.3, 0.4) is 0 Å². The van der Waals surface area contributed by atoms with Crippen LogP contribution >= 0.6 is 0 Å². The third kappa shape index (κ3) is 5.43. The quantitative estimate of drug-likeness (QED) is 0.274. The third-order valence-electron chi connectivity index (χ3n) is 4.91. The second-order valence-corrected chi connectivity index (χ2v) is 7.52. The van der Waals surface area contributed by atoms with Gasteiger partial charge in [-0.1, -0.05) is 35.0 Å². The summed E-state index contributed by atoms with van der Waals surface area (Å²) in [7, 11) is 0. The molecule has 0 saturated carbocycles. The number of carbonyl (C=O) groups is 1. The monoisotopic (exact) mass is 476 g/mol. The van der Waals surface area contributed by atoms with Crippen LogP contribution in [-0.4, -0.2) is 44.0 Å². The zero-order valence-corrected chi connectivity index (χ0v) is 19.4. The summed E-state index contributed by atoms with van der Waals surface area (Å²) in [4.78, 5) is 12.7. The first-order valence-corrected chi connectivity index (χ1v) is 10.8. The van der Waals surface area contributed by atoms with Crippen molar-refractivity contribution in [2.75, 3.05) is 12.3 Å². The van der Waals surface area contributed by atoms with E-state index < -0.39 is 5.91 Å². The van der Waals surface area contributed by atoms with Crippen LogP contribution in [0.15, 0.2) is 52.2 Å². The predicted octanol–water partition coefficient (Wildman–Crippen LogP) is 2.59. The summed E-state index contributed by atoms with van der Waals surface area (Å²) in [6.07, 6.45) is 1.49. The van der Waals surface area contributed by atoms with E-state index in [9.17, 15) is 4.79 Å². The molecule has 2 heterocycles. The molecule has 0 unspecified atom stereocenters. The molecular weight excluding hydrogens is 452 g/mol. The first kappa shape index (κ1) is 23.4. The smallest absolute Gasteiger partial charge is 0.292 e. The Balaban J connectivity index is 1.45. The van der Waals surface area contributed by atoms with E-state index in [1.165, 1.54) is 11.8 Å². The van der Waals surface area contributed by atoms with Crippen molar-refractivity contribution in [3.8, 4) is 17.3 Å². The summed E-state index contributed by atoms with van der Waals surface area (Å²) < 4.78 is 17.4. The molecule has 35 heavy (non-hydrogen) atoms. The van der Waals surface area contributed by atoms with Crippen LogP contribution in [0.25, 0.3) is 5.82 Å². The van der Waals surface area contributed by atoms with Crippen molar-refractivity contribution in [2.24, 2.45) is 5.10 Å². The highest BCUT2D eigenvalue weighted by molar-refractivity contribution is 5.94. The van der Waals surface area contributed by atoms with E-state index in [1.54, 1.807) is 19.1 Å². The van der Waals surface area contributed by atoms with E-state index in [2.05, 4.69) is 35.8 Å². The highest BCUT2D eigenvalue weighted by atomic mass is 16.6. The number of amides is 1. The molecule has 3 N–H and O–H groups in total. The number of rotatable bonds is 9. The van der Waals surface area contributed by atoms with Gasteiger partial charge in [-0.15, -0.1) is 5.10 Å². The second kappa shape index (κ2) is 10.5. The van der Waals surface area contributed by atoms with Crippen molar-refractivity contribution < 1.29 is 18.9 Å². The molecule has 2 aromatic heterocycles. The lowest BCUT2D eigenvalue weighted by molar-refractivity contribution is 0.0946. The molecule has 12 nitrogen and oxygen atoms in total. The average Bonchev–Trinajstić information content (AvgIpc) is 3.44. The maximum atomic E-state index is 12.7. The fourth-order valence-corrected chi connectivity index (χ4v) is 3.16. The number of aryl methyl sites for hydroxylation is 2. The first-order valence-electron chi connectivity index (χ1n) is 10.8. The summed E-state index contributed by atoms with van der Waals surface area (Å²) in [5, 5.41) is 18.9. The van der Waals surface area contributed by atoms with Gasteiger partial charge in [0.2, 0.25) is 11.6 Å². The van der Waals surface area contributed by atoms with Gasteiger partial charge in [-0.25, -0.2) is 10.1 Å². The molecule has 4 rings (SSSR count). The minimum atomic E-state index is -0.561. The average molecular weight is 476 g/mol. The van der Waals surface area contributed by atoms with Crippen LogP contribution in [0, 0.1) is 13.8 Å². The molecule has 0 saturated heterocycles. The highest BCUT2D eigenvalue weighted by Crippen LogP contribution is 2.29. The molecule has 0 aliphatic rings. The predicted molar refractivity (Wildman–Crippen MR) is 127 cm³/mol. The first-order chi connectivity index (χ1) is 17.0. The normalized spacial score (nSPS) is 11.1. The van der Waals surface area contributed by atoms with Gasteiger partial charge in [0.05, 0.1) is 18.5 Å². The molecule has 0 fully saturated rings. The Hall–Kier alpha value is -4.74. The number of nitrogens with two attached hydrogens (primary N) is 1. The lowest BCUT2D eigenvalue weighted by Gasteiger charge is -2.13. The van der Waals surface area contributed by atoms with Crippen molar-refractivity contribution in [2.45, 2.75) is 27.4 Å². The van der Waals surface area contributed by atoms with Gasteiger partial charge >= 0.3 is 0 Å². The number of ether oxygens (including phenoxy) is 2. The van der Waals surface area contributed by atoms with Crippen molar-refractivity contribution in [1.82, 2.24) is 30.7 Å². The summed E-state index contributed by atoms with van der Waals surface area (Å²) in [5.41, 5.74) is 11.5. The van der Waals surface area contributed by atoms with Crippen LogP contribution in [0.1, 0.15) is 39.8 Å². The molecule has 0 aliphatic heterocycles. The van der Waals surface area contributed by atoms with Gasteiger partial charge < -0.3 is 15.2 Å². The Morgan fingerprint density at radius 1 is 1.14 bits per heavy atom. The number of hydrogen-bond acceptors (Lipinski definition) is 10. The minimum Gasteiger partial charge on any atom is -0.490 e. The number of hydrazone groups is 1. The largest absolute Gasteiger partial charge is 0.490 e. The molecule has 0 bridgehead atoms. The Labute approximate surface area is 200 Å². The number of nitrogen functional groups attached to an aromatic ring is 1. The Kier molecular flexibility index (Phi) is 7.00. The summed E-state index contributed by atoms with van der Waals surface area (Å²) >= 11 is 0. The zero-order valence-electron chi connectivity index (χ0n) is 19.4. The van der Waals surface area contributed by atoms with Crippen molar-refractivity contribution >= 4 is 17.9 Å². The van der Waals surface area contributed by atoms with E-state index in [4.69, 9.17) is 15.2 Å². The summed E-state index contributed by atoms with van der Waals surface area (Å²) in [6.45, 7) is 6.43. The maximum absolute atomic E-state index is 12.7. The maximum Gasteiger partial charge on any atom is 0.292 e. The summed E-state index contributed by atoms with van der Waals surface area (Å²) in [6, 6.07) is 13.5. The van der Waals surface area contributed by atoms with Crippen molar-refractivity contribution in [3.05, 3.63) is 70.5 Å². The highest BCUT2D eigenvalue weighted by Gasteiger charge is 2.22. The lowest BCUT2D eigenvalue weighted by atomic mass is 10.2. The van der Waals surface area contributed by atoms with Crippen LogP contribution in [0.4, 0.5) is 5.82 Å². The Morgan fingerprint density at radius 2 is 1.94 bits per heavy atom. The Morgan fingerprint density at radius 3 is 2.66 bits per heavy atom. The standard InChI is InChI=1S/C23H24N8O4/c1-4-33-19-11-17(9-10-18(19)34-13-16-7-5-14(2)6-8-16)12-25-27-23(32)20-15(3)26-30-31(20)22-21(24)28-35-29-22/h5-12H,4,13H2,1-3H3,(H2,24,28)(H,27,32)/b25-12+. The lowest BCUT2D eigenvalue weighted by Crippen LogP contribution is -2.22. The third-order valence-corrected chi connectivity index (χ3v) is 4.91. The summed E-state index contributed by atoms with van der Waals surface area (Å²) in [5.74, 6) is 0.650. The van der Waals surface area contributed by atoms with Gasteiger partial charge in [-0.3, -0.25) is 4.79 Å². The van der Waals surface area contributed by atoms with E-state index in [-0.39, 0.29) is 17.3 Å². The fraction of sp³-hybridized carbons (Fsp3) is 0.217. The fourth-order valence-electron chi connectivity index (χ4n) is 3.16. The van der Waals surface area contributed by atoms with Crippen LogP contribution < -0.4 is 20.6 Å². The zero-order chi connectivity index (χ0) is 24.8. The van der Waals surface area contributed by atoms with E-state index in [0.717, 1.165) is 10.2 Å². The van der Waals surface area contributed by atoms with Gasteiger partial charge in [-0.05, 0) is 60.4 Å². The number of nitrogens with one attached hydrogen (secondary N) is 1. The van der Waals surface area contributed by atoms with Crippen LogP contribution in [0.5, 0.6) is 11.5 Å². The number of nitrogens with zero attached hydrogens (tertiary/aromatic N) is 6. The number of anilines is 1. The molecule has 2 aromatic carbocycles. The number of hydrogen-bond donors (Lipinski definition) is 2. The SMILES string of the molecule is CCOc1cc(/C=N/NC(=O)c2c(C)nnn2-c2nonc2N)ccc1OCc1ccc(C)cc1. The minimum absolute atomic E-state index is 0.0272. The van der Waals surface area contributed by atoms with Crippen LogP contribution in [-0.2, 0) is 6.61 Å². The van der Waals surface area contributed by atoms with E-state index >= 15 is 0 Å². The molecule has 12 heteroatoms. The molecule has 0 spiro atoms. The second-order valence-electron chi connectivity index (χ2n) is 7.52.